The maximum Gasteiger partial charge on any atom is 0.251 e. The Balaban J connectivity index is 1.31. The average molecular weight is 397 g/mol. The number of nitrogens with one attached hydrogen (secondary N) is 1. The molecule has 1 aromatic carbocycles. The van der Waals surface area contributed by atoms with Crippen molar-refractivity contribution in [3.05, 3.63) is 46.8 Å². The molecule has 7 nitrogen and oxygen atoms in total. The number of rotatable bonds is 7. The highest BCUT2D eigenvalue weighted by Crippen LogP contribution is 2.23. The van der Waals surface area contributed by atoms with Crippen molar-refractivity contribution in [3.8, 4) is 5.75 Å². The minimum Gasteiger partial charge on any atom is -0.491 e. The Morgan fingerprint density at radius 2 is 1.97 bits per heavy atom. The van der Waals surface area contributed by atoms with Crippen LogP contribution in [0.4, 0.5) is 0 Å². The third-order valence-electron chi connectivity index (χ3n) is 5.68. The summed E-state index contributed by atoms with van der Waals surface area (Å²) in [5.41, 5.74) is 2.29. The van der Waals surface area contributed by atoms with Gasteiger partial charge in [0.1, 0.15) is 18.1 Å². The first kappa shape index (κ1) is 19.5. The van der Waals surface area contributed by atoms with Crippen molar-refractivity contribution in [1.82, 2.24) is 15.4 Å². The minimum absolute atomic E-state index is 0.0362. The zero-order chi connectivity index (χ0) is 20.4. The van der Waals surface area contributed by atoms with E-state index < -0.39 is 0 Å². The molecule has 4 rings (SSSR count). The van der Waals surface area contributed by atoms with Gasteiger partial charge in [-0.05, 0) is 63.8 Å². The van der Waals surface area contributed by atoms with Gasteiger partial charge in [0.15, 0.2) is 0 Å². The molecule has 1 N–H and O–H groups in total. The van der Waals surface area contributed by atoms with Gasteiger partial charge in [-0.15, -0.1) is 0 Å². The van der Waals surface area contributed by atoms with E-state index in [0.717, 1.165) is 43.5 Å². The lowest BCUT2D eigenvalue weighted by Gasteiger charge is -2.25. The summed E-state index contributed by atoms with van der Waals surface area (Å²) in [5, 5.41) is 6.91. The number of aromatic nitrogens is 1. The molecule has 1 aromatic heterocycles. The quantitative estimate of drug-likeness (QED) is 0.777. The molecule has 2 heterocycles. The molecular weight excluding hydrogens is 370 g/mol. The Morgan fingerprint density at radius 1 is 1.21 bits per heavy atom. The third-order valence-corrected chi connectivity index (χ3v) is 5.68. The van der Waals surface area contributed by atoms with E-state index in [0.29, 0.717) is 36.1 Å². The van der Waals surface area contributed by atoms with Crippen LogP contribution in [0, 0.1) is 13.8 Å². The van der Waals surface area contributed by atoms with E-state index in [2.05, 4.69) is 10.5 Å². The number of carbonyl (C=O) groups excluding carboxylic acids is 2. The van der Waals surface area contributed by atoms with E-state index in [9.17, 15) is 9.59 Å². The number of ether oxygens (including phenoxy) is 1. The van der Waals surface area contributed by atoms with Gasteiger partial charge in [0.25, 0.3) is 5.91 Å². The van der Waals surface area contributed by atoms with E-state index >= 15 is 0 Å². The van der Waals surface area contributed by atoms with Crippen LogP contribution in [0.15, 0.2) is 28.8 Å². The molecule has 0 bridgehead atoms. The van der Waals surface area contributed by atoms with Gasteiger partial charge in [0, 0.05) is 23.7 Å². The van der Waals surface area contributed by atoms with Crippen molar-refractivity contribution < 1.29 is 18.8 Å². The lowest BCUT2D eigenvalue weighted by Crippen LogP contribution is -2.40. The molecule has 0 radical (unpaired) electrons. The highest BCUT2D eigenvalue weighted by Gasteiger charge is 2.30. The van der Waals surface area contributed by atoms with Crippen LogP contribution in [0.2, 0.25) is 0 Å². The van der Waals surface area contributed by atoms with Gasteiger partial charge in [0.05, 0.1) is 18.2 Å². The van der Waals surface area contributed by atoms with Crippen molar-refractivity contribution in [3.63, 3.8) is 0 Å². The van der Waals surface area contributed by atoms with E-state index in [1.165, 1.54) is 0 Å². The number of nitrogens with zero attached hydrogens (tertiary/aromatic N) is 2. The van der Waals surface area contributed by atoms with Gasteiger partial charge in [-0.25, -0.2) is 0 Å². The Morgan fingerprint density at radius 3 is 2.62 bits per heavy atom. The van der Waals surface area contributed by atoms with Crippen LogP contribution in [0.25, 0.3) is 0 Å². The van der Waals surface area contributed by atoms with Crippen LogP contribution >= 0.6 is 0 Å². The van der Waals surface area contributed by atoms with E-state index in [4.69, 9.17) is 9.26 Å². The summed E-state index contributed by atoms with van der Waals surface area (Å²) in [4.78, 5) is 26.8. The van der Waals surface area contributed by atoms with E-state index in [1.54, 1.807) is 12.1 Å². The molecule has 2 aliphatic rings. The van der Waals surface area contributed by atoms with Gasteiger partial charge in [-0.3, -0.25) is 9.59 Å². The van der Waals surface area contributed by atoms with Gasteiger partial charge < -0.3 is 19.5 Å². The van der Waals surface area contributed by atoms with E-state index in [-0.39, 0.29) is 17.9 Å². The second-order valence-electron chi connectivity index (χ2n) is 7.95. The first-order valence-corrected chi connectivity index (χ1v) is 10.3. The molecule has 154 valence electrons. The van der Waals surface area contributed by atoms with Crippen molar-refractivity contribution in [2.75, 3.05) is 13.2 Å². The summed E-state index contributed by atoms with van der Waals surface area (Å²) in [6.45, 7) is 4.89. The maximum atomic E-state index is 12.8. The number of benzene rings is 1. The normalized spacial score (nSPS) is 18.7. The van der Waals surface area contributed by atoms with Gasteiger partial charge in [0.2, 0.25) is 5.91 Å². The number of carbonyl (C=O) groups is 2. The van der Waals surface area contributed by atoms with Crippen LogP contribution < -0.4 is 10.1 Å². The van der Waals surface area contributed by atoms with Crippen molar-refractivity contribution in [2.24, 2.45) is 0 Å². The number of likely N-dealkylation sites (tertiary alicyclic amines) is 1. The van der Waals surface area contributed by atoms with Crippen LogP contribution in [0.3, 0.4) is 0 Å². The number of aryl methyl sites for hydroxylation is 2. The van der Waals surface area contributed by atoms with Crippen molar-refractivity contribution >= 4 is 11.8 Å². The molecule has 2 fully saturated rings. The van der Waals surface area contributed by atoms with E-state index in [1.807, 2.05) is 30.9 Å². The third kappa shape index (κ3) is 4.60. The summed E-state index contributed by atoms with van der Waals surface area (Å²) in [6.07, 6.45) is 4.35. The van der Waals surface area contributed by atoms with Crippen molar-refractivity contribution in [2.45, 2.75) is 58.0 Å². The molecule has 0 spiro atoms. The standard InChI is InChI=1S/C22H27N3O4/c1-14-20(15(2)29-24-14)12-21(26)25-11-3-4-18(25)13-28-19-9-5-16(6-10-19)22(27)23-17-7-8-17/h5-6,9-10,17-18H,3-4,7-8,11-13H2,1-2H3,(H,23,27). The Labute approximate surface area is 170 Å². The molecule has 1 unspecified atom stereocenters. The fourth-order valence-corrected chi connectivity index (χ4v) is 3.74. The minimum atomic E-state index is -0.0362. The predicted molar refractivity (Wildman–Crippen MR) is 107 cm³/mol. The van der Waals surface area contributed by atoms with Crippen LogP contribution in [0.1, 0.15) is 53.1 Å². The summed E-state index contributed by atoms with van der Waals surface area (Å²) in [6, 6.07) is 7.58. The molecular formula is C22H27N3O4. The smallest absolute Gasteiger partial charge is 0.251 e. The lowest BCUT2D eigenvalue weighted by atomic mass is 10.1. The second kappa shape index (κ2) is 8.27. The highest BCUT2D eigenvalue weighted by atomic mass is 16.5. The topological polar surface area (TPSA) is 84.7 Å². The molecule has 29 heavy (non-hydrogen) atoms. The monoisotopic (exact) mass is 397 g/mol. The highest BCUT2D eigenvalue weighted by molar-refractivity contribution is 5.94. The molecule has 1 atom stereocenters. The van der Waals surface area contributed by atoms with Crippen LogP contribution in [-0.2, 0) is 11.2 Å². The zero-order valence-corrected chi connectivity index (χ0v) is 16.9. The molecule has 1 aliphatic carbocycles. The zero-order valence-electron chi connectivity index (χ0n) is 16.9. The first-order chi connectivity index (χ1) is 14.0. The Bertz CT molecular complexity index is 866. The predicted octanol–water partition coefficient (Wildman–Crippen LogP) is 2.80. The molecule has 1 aliphatic heterocycles. The van der Waals surface area contributed by atoms with Crippen LogP contribution in [-0.4, -0.2) is 47.1 Å². The number of amides is 2. The fourth-order valence-electron chi connectivity index (χ4n) is 3.74. The molecule has 1 saturated carbocycles. The molecule has 2 amide bonds. The summed E-state index contributed by atoms with van der Waals surface area (Å²) in [5.74, 6) is 1.45. The molecule has 1 saturated heterocycles. The van der Waals surface area contributed by atoms with Gasteiger partial charge in [-0.1, -0.05) is 5.16 Å². The Kier molecular flexibility index (Phi) is 5.56. The molecule has 2 aromatic rings. The molecule has 7 heteroatoms. The Hall–Kier alpha value is -2.83. The largest absolute Gasteiger partial charge is 0.491 e. The lowest BCUT2D eigenvalue weighted by molar-refractivity contribution is -0.131. The van der Waals surface area contributed by atoms with Gasteiger partial charge in [-0.2, -0.15) is 0 Å². The summed E-state index contributed by atoms with van der Waals surface area (Å²) in [7, 11) is 0. The SMILES string of the molecule is Cc1noc(C)c1CC(=O)N1CCCC1COc1ccc(C(=O)NC2CC2)cc1. The summed E-state index contributed by atoms with van der Waals surface area (Å²) < 4.78 is 11.1. The summed E-state index contributed by atoms with van der Waals surface area (Å²) >= 11 is 0. The van der Waals surface area contributed by atoms with Crippen molar-refractivity contribution in [1.29, 1.82) is 0 Å². The first-order valence-electron chi connectivity index (χ1n) is 10.3. The fraction of sp³-hybridized carbons (Fsp3) is 0.500. The van der Waals surface area contributed by atoms with Crippen LogP contribution in [0.5, 0.6) is 5.75 Å². The van der Waals surface area contributed by atoms with Gasteiger partial charge >= 0.3 is 0 Å². The second-order valence-corrected chi connectivity index (χ2v) is 7.95. The number of hydrogen-bond donors (Lipinski definition) is 1. The maximum absolute atomic E-state index is 12.8. The number of hydrogen-bond acceptors (Lipinski definition) is 5. The average Bonchev–Trinajstić information content (AvgIpc) is 3.31.